The molecule has 5 heteroatoms. The van der Waals surface area contributed by atoms with Crippen LogP contribution >= 0.6 is 0 Å². The number of anilines is 1. The second kappa shape index (κ2) is 6.77. The Morgan fingerprint density at radius 1 is 1.25 bits per heavy atom. The molecular weight excluding hydrogens is 300 g/mol. The second-order valence-electron chi connectivity index (χ2n) is 7.05. The Bertz CT molecular complexity index is 713. The minimum absolute atomic E-state index is 0.00452. The molecule has 1 amide bonds. The highest BCUT2D eigenvalue weighted by molar-refractivity contribution is 5.92. The molecule has 2 N–H and O–H groups in total. The van der Waals surface area contributed by atoms with Gasteiger partial charge < -0.3 is 10.6 Å². The fourth-order valence-electron chi connectivity index (χ4n) is 2.77. The third-order valence-electron chi connectivity index (χ3n) is 4.78. The maximum atomic E-state index is 12.6. The average molecular weight is 326 g/mol. The average Bonchev–Trinajstić information content (AvgIpc) is 2.90. The van der Waals surface area contributed by atoms with Gasteiger partial charge in [0.25, 0.3) is 0 Å². The molecule has 1 aromatic heterocycles. The van der Waals surface area contributed by atoms with E-state index in [1.165, 1.54) is 5.56 Å². The first-order chi connectivity index (χ1) is 11.5. The molecule has 3 rings (SSSR count). The Hall–Kier alpha value is -2.14. The van der Waals surface area contributed by atoms with Crippen molar-refractivity contribution < 1.29 is 4.79 Å². The summed E-state index contributed by atoms with van der Waals surface area (Å²) in [5, 5.41) is 11.0. The lowest BCUT2D eigenvalue weighted by Gasteiger charge is -2.31. The van der Waals surface area contributed by atoms with Crippen LogP contribution < -0.4 is 10.6 Å². The predicted molar refractivity (Wildman–Crippen MR) is 96.5 cm³/mol. The summed E-state index contributed by atoms with van der Waals surface area (Å²) >= 11 is 0. The fraction of sp³-hybridized carbons (Fsp3) is 0.474. The molecule has 24 heavy (non-hydrogen) atoms. The van der Waals surface area contributed by atoms with E-state index in [0.717, 1.165) is 30.3 Å². The number of aryl methyl sites for hydroxylation is 1. The van der Waals surface area contributed by atoms with Crippen LogP contribution in [-0.4, -0.2) is 28.8 Å². The molecule has 1 fully saturated rings. The molecule has 1 atom stereocenters. The van der Waals surface area contributed by atoms with Crippen LogP contribution in [0, 0.1) is 18.8 Å². The molecule has 128 valence electrons. The molecule has 1 aromatic carbocycles. The highest BCUT2D eigenvalue weighted by atomic mass is 16.2. The standard InChI is InChI=1S/C19H26N4O/c1-12(2)17-9-18(21-19(24)14(4)15-10-20-11-15)23(22-17)16-7-5-13(3)6-8-16/h5-9,12,14-15,20H,10-11H2,1-4H3,(H,21,24). The Morgan fingerprint density at radius 2 is 1.92 bits per heavy atom. The summed E-state index contributed by atoms with van der Waals surface area (Å²) in [6, 6.07) is 10.2. The largest absolute Gasteiger partial charge is 0.316 e. The summed E-state index contributed by atoms with van der Waals surface area (Å²) in [4.78, 5) is 12.6. The van der Waals surface area contributed by atoms with Crippen molar-refractivity contribution in [1.29, 1.82) is 0 Å². The molecule has 0 radical (unpaired) electrons. The van der Waals surface area contributed by atoms with Crippen molar-refractivity contribution in [2.24, 2.45) is 11.8 Å². The molecule has 2 aromatic rings. The lowest BCUT2D eigenvalue weighted by Crippen LogP contribution is -2.48. The minimum Gasteiger partial charge on any atom is -0.316 e. The first kappa shape index (κ1) is 16.7. The van der Waals surface area contributed by atoms with Gasteiger partial charge in [0, 0.05) is 12.0 Å². The van der Waals surface area contributed by atoms with E-state index in [1.807, 2.05) is 29.8 Å². The number of nitrogens with one attached hydrogen (secondary N) is 2. The number of hydrogen-bond donors (Lipinski definition) is 2. The third kappa shape index (κ3) is 3.36. The van der Waals surface area contributed by atoms with Crippen LogP contribution in [0.3, 0.4) is 0 Å². The van der Waals surface area contributed by atoms with Crippen molar-refractivity contribution in [3.05, 3.63) is 41.6 Å². The van der Waals surface area contributed by atoms with Gasteiger partial charge in [-0.1, -0.05) is 38.5 Å². The highest BCUT2D eigenvalue weighted by Crippen LogP contribution is 2.24. The van der Waals surface area contributed by atoms with E-state index in [4.69, 9.17) is 5.10 Å². The summed E-state index contributed by atoms with van der Waals surface area (Å²) in [6.07, 6.45) is 0. The molecule has 1 aliphatic heterocycles. The van der Waals surface area contributed by atoms with Crippen molar-refractivity contribution in [3.63, 3.8) is 0 Å². The summed E-state index contributed by atoms with van der Waals surface area (Å²) in [6.45, 7) is 10.1. The first-order valence-corrected chi connectivity index (χ1v) is 8.64. The van der Waals surface area contributed by atoms with Gasteiger partial charge in [-0.15, -0.1) is 0 Å². The molecule has 0 saturated carbocycles. The minimum atomic E-state index is -0.00452. The zero-order valence-electron chi connectivity index (χ0n) is 14.8. The van der Waals surface area contributed by atoms with E-state index in [0.29, 0.717) is 11.8 Å². The fourth-order valence-corrected chi connectivity index (χ4v) is 2.77. The Morgan fingerprint density at radius 3 is 2.46 bits per heavy atom. The lowest BCUT2D eigenvalue weighted by atomic mass is 9.88. The quantitative estimate of drug-likeness (QED) is 0.887. The molecule has 1 saturated heterocycles. The second-order valence-corrected chi connectivity index (χ2v) is 7.05. The number of nitrogens with zero attached hydrogens (tertiary/aromatic N) is 2. The number of hydrogen-bond acceptors (Lipinski definition) is 3. The highest BCUT2D eigenvalue weighted by Gasteiger charge is 2.29. The Kier molecular flexibility index (Phi) is 4.71. The van der Waals surface area contributed by atoms with E-state index < -0.39 is 0 Å². The maximum Gasteiger partial charge on any atom is 0.228 e. The summed E-state index contributed by atoms with van der Waals surface area (Å²) < 4.78 is 1.83. The summed E-state index contributed by atoms with van der Waals surface area (Å²) in [5.74, 6) is 1.53. The first-order valence-electron chi connectivity index (χ1n) is 8.64. The van der Waals surface area contributed by atoms with Gasteiger partial charge in [-0.25, -0.2) is 4.68 Å². The maximum absolute atomic E-state index is 12.6. The van der Waals surface area contributed by atoms with Crippen molar-refractivity contribution in [3.8, 4) is 5.69 Å². The van der Waals surface area contributed by atoms with E-state index in [2.05, 4.69) is 43.5 Å². The van der Waals surface area contributed by atoms with E-state index in [-0.39, 0.29) is 11.8 Å². The third-order valence-corrected chi connectivity index (χ3v) is 4.78. The lowest BCUT2D eigenvalue weighted by molar-refractivity contribution is -0.121. The normalized spacial score (nSPS) is 16.0. The zero-order valence-corrected chi connectivity index (χ0v) is 14.8. The van der Waals surface area contributed by atoms with E-state index in [1.54, 1.807) is 0 Å². The SMILES string of the molecule is Cc1ccc(-n2nc(C(C)C)cc2NC(=O)C(C)C2CNC2)cc1. The molecule has 5 nitrogen and oxygen atoms in total. The van der Waals surface area contributed by atoms with E-state index in [9.17, 15) is 4.79 Å². The van der Waals surface area contributed by atoms with Crippen molar-refractivity contribution in [1.82, 2.24) is 15.1 Å². The van der Waals surface area contributed by atoms with Crippen LogP contribution in [0.15, 0.2) is 30.3 Å². The van der Waals surface area contributed by atoms with E-state index >= 15 is 0 Å². The van der Waals surface area contributed by atoms with Gasteiger partial charge >= 0.3 is 0 Å². The van der Waals surface area contributed by atoms with Crippen molar-refractivity contribution in [2.45, 2.75) is 33.6 Å². The van der Waals surface area contributed by atoms with Gasteiger partial charge in [-0.3, -0.25) is 4.79 Å². The van der Waals surface area contributed by atoms with Crippen LogP contribution in [0.5, 0.6) is 0 Å². The summed E-state index contributed by atoms with van der Waals surface area (Å²) in [7, 11) is 0. The molecule has 1 aliphatic rings. The number of carbonyl (C=O) groups excluding carboxylic acids is 1. The summed E-state index contributed by atoms with van der Waals surface area (Å²) in [5.41, 5.74) is 3.14. The number of rotatable bonds is 5. The number of aromatic nitrogens is 2. The van der Waals surface area contributed by atoms with Gasteiger partial charge in [0.05, 0.1) is 11.4 Å². The van der Waals surface area contributed by atoms with Gasteiger partial charge in [0.2, 0.25) is 5.91 Å². The van der Waals surface area contributed by atoms with Crippen molar-refractivity contribution >= 4 is 11.7 Å². The molecule has 0 bridgehead atoms. The van der Waals surface area contributed by atoms with Gasteiger partial charge in [0.15, 0.2) is 0 Å². The molecule has 0 spiro atoms. The zero-order chi connectivity index (χ0) is 17.3. The van der Waals surface area contributed by atoms with Gasteiger partial charge in [-0.2, -0.15) is 5.10 Å². The Balaban J connectivity index is 1.87. The smallest absolute Gasteiger partial charge is 0.228 e. The van der Waals surface area contributed by atoms with Crippen LogP contribution in [0.4, 0.5) is 5.82 Å². The van der Waals surface area contributed by atoms with Gasteiger partial charge in [-0.05, 0) is 44.0 Å². The van der Waals surface area contributed by atoms with Crippen LogP contribution in [-0.2, 0) is 4.79 Å². The number of benzene rings is 1. The van der Waals surface area contributed by atoms with Crippen molar-refractivity contribution in [2.75, 3.05) is 18.4 Å². The molecule has 1 unspecified atom stereocenters. The topological polar surface area (TPSA) is 59.0 Å². The van der Waals surface area contributed by atoms with Gasteiger partial charge in [0.1, 0.15) is 5.82 Å². The number of amides is 1. The Labute approximate surface area is 143 Å². The number of carbonyl (C=O) groups is 1. The van der Waals surface area contributed by atoms with Crippen LogP contribution in [0.2, 0.25) is 0 Å². The van der Waals surface area contributed by atoms with Crippen LogP contribution in [0.25, 0.3) is 5.69 Å². The monoisotopic (exact) mass is 326 g/mol. The molecule has 0 aliphatic carbocycles. The molecule has 2 heterocycles. The molecular formula is C19H26N4O. The predicted octanol–water partition coefficient (Wildman–Crippen LogP) is 3.10. The van der Waals surface area contributed by atoms with Crippen LogP contribution in [0.1, 0.15) is 37.9 Å².